The van der Waals surface area contributed by atoms with Crippen molar-refractivity contribution in [1.82, 2.24) is 10.2 Å². The second-order valence-electron chi connectivity index (χ2n) is 5.58. The fourth-order valence-electron chi connectivity index (χ4n) is 2.77. The van der Waals surface area contributed by atoms with Gasteiger partial charge in [0.25, 0.3) is 0 Å². The summed E-state index contributed by atoms with van der Waals surface area (Å²) in [4.78, 5) is 25.8. The van der Waals surface area contributed by atoms with Gasteiger partial charge in [-0.05, 0) is 24.5 Å². The van der Waals surface area contributed by atoms with Crippen LogP contribution >= 0.6 is 0 Å². The first-order valence-electron chi connectivity index (χ1n) is 7.14. The van der Waals surface area contributed by atoms with Gasteiger partial charge in [-0.1, -0.05) is 18.2 Å². The molecule has 2 fully saturated rings. The molecule has 1 atom stereocenters. The Morgan fingerprint density at radius 3 is 2.55 bits per heavy atom. The van der Waals surface area contributed by atoms with E-state index in [0.717, 1.165) is 18.9 Å². The number of rotatable bonds is 2. The first kappa shape index (κ1) is 14.9. The van der Waals surface area contributed by atoms with Crippen LogP contribution in [0.4, 0.5) is 13.2 Å². The lowest BCUT2D eigenvalue weighted by atomic mass is 9.96. The van der Waals surface area contributed by atoms with Crippen LogP contribution < -0.4 is 5.32 Å². The molecule has 0 unspecified atom stereocenters. The number of benzene rings is 1. The number of hydrogen-bond donors (Lipinski definition) is 1. The molecule has 1 aromatic carbocycles. The van der Waals surface area contributed by atoms with Crippen LogP contribution in [-0.2, 0) is 15.8 Å². The Hall–Kier alpha value is -2.05. The van der Waals surface area contributed by atoms with Crippen molar-refractivity contribution < 1.29 is 22.8 Å². The molecule has 0 spiro atoms. The van der Waals surface area contributed by atoms with E-state index in [-0.39, 0.29) is 30.5 Å². The highest BCUT2D eigenvalue weighted by atomic mass is 19.4. The Morgan fingerprint density at radius 1 is 1.23 bits per heavy atom. The van der Waals surface area contributed by atoms with Gasteiger partial charge in [-0.15, -0.1) is 0 Å². The maximum absolute atomic E-state index is 13.2. The van der Waals surface area contributed by atoms with E-state index < -0.39 is 23.7 Å². The molecule has 7 heteroatoms. The standard InChI is InChI=1S/C15H15F3N2O2/c16-15(17,18)11-4-2-1-3-10(11)12-13(21)19-7-8-20(12)14(22)9-5-6-9/h1-4,9,12H,5-8H2,(H,19,21)/t12-/m0/s1. The minimum atomic E-state index is -4.57. The Labute approximate surface area is 125 Å². The lowest BCUT2D eigenvalue weighted by Crippen LogP contribution is -2.53. The normalized spacial score (nSPS) is 22.4. The Bertz CT molecular complexity index is 611. The number of hydrogen-bond acceptors (Lipinski definition) is 2. The van der Waals surface area contributed by atoms with Crippen LogP contribution in [0.5, 0.6) is 0 Å². The summed E-state index contributed by atoms with van der Waals surface area (Å²) in [7, 11) is 0. The summed E-state index contributed by atoms with van der Waals surface area (Å²) >= 11 is 0. The van der Waals surface area contributed by atoms with Crippen molar-refractivity contribution in [2.24, 2.45) is 5.92 Å². The van der Waals surface area contributed by atoms with Crippen molar-refractivity contribution in [1.29, 1.82) is 0 Å². The molecule has 1 saturated carbocycles. The quantitative estimate of drug-likeness (QED) is 0.909. The van der Waals surface area contributed by atoms with Crippen LogP contribution in [0.3, 0.4) is 0 Å². The summed E-state index contributed by atoms with van der Waals surface area (Å²) in [5.74, 6) is -0.930. The molecule has 0 bridgehead atoms. The molecule has 1 heterocycles. The van der Waals surface area contributed by atoms with Crippen molar-refractivity contribution in [3.8, 4) is 0 Å². The third-order valence-corrected chi connectivity index (χ3v) is 3.98. The first-order chi connectivity index (χ1) is 10.4. The van der Waals surface area contributed by atoms with Crippen molar-refractivity contribution in [3.63, 3.8) is 0 Å². The van der Waals surface area contributed by atoms with E-state index in [2.05, 4.69) is 5.32 Å². The summed E-state index contributed by atoms with van der Waals surface area (Å²) in [5.41, 5.74) is -1.04. The molecule has 22 heavy (non-hydrogen) atoms. The van der Waals surface area contributed by atoms with Gasteiger partial charge in [0.05, 0.1) is 5.56 Å². The summed E-state index contributed by atoms with van der Waals surface area (Å²) in [6.45, 7) is 0.500. The van der Waals surface area contributed by atoms with Gasteiger partial charge in [-0.3, -0.25) is 9.59 Å². The van der Waals surface area contributed by atoms with Crippen molar-refractivity contribution in [3.05, 3.63) is 35.4 Å². The Balaban J connectivity index is 2.02. The average Bonchev–Trinajstić information content (AvgIpc) is 3.30. The molecular weight excluding hydrogens is 297 g/mol. The van der Waals surface area contributed by atoms with E-state index in [1.165, 1.54) is 23.1 Å². The average molecular weight is 312 g/mol. The largest absolute Gasteiger partial charge is 0.416 e. The lowest BCUT2D eigenvalue weighted by Gasteiger charge is -2.36. The molecule has 0 aromatic heterocycles. The molecule has 3 rings (SSSR count). The number of amides is 2. The minimum Gasteiger partial charge on any atom is -0.352 e. The highest BCUT2D eigenvalue weighted by Gasteiger charge is 2.44. The van der Waals surface area contributed by atoms with Gasteiger partial charge >= 0.3 is 6.18 Å². The van der Waals surface area contributed by atoms with Crippen molar-refractivity contribution in [2.75, 3.05) is 13.1 Å². The molecule has 0 radical (unpaired) electrons. The van der Waals surface area contributed by atoms with E-state index in [1.54, 1.807) is 0 Å². The predicted molar refractivity (Wildman–Crippen MR) is 71.6 cm³/mol. The Morgan fingerprint density at radius 2 is 1.91 bits per heavy atom. The SMILES string of the molecule is O=C1NCCN(C(=O)C2CC2)[C@H]1c1ccccc1C(F)(F)F. The maximum Gasteiger partial charge on any atom is 0.416 e. The summed E-state index contributed by atoms with van der Waals surface area (Å²) in [6, 6.07) is 3.73. The highest BCUT2D eigenvalue weighted by molar-refractivity contribution is 5.91. The number of nitrogens with zero attached hydrogens (tertiary/aromatic N) is 1. The number of carbonyl (C=O) groups is 2. The fraction of sp³-hybridized carbons (Fsp3) is 0.467. The van der Waals surface area contributed by atoms with Crippen LogP contribution in [0.15, 0.2) is 24.3 Å². The van der Waals surface area contributed by atoms with Gasteiger partial charge < -0.3 is 10.2 Å². The van der Waals surface area contributed by atoms with Gasteiger partial charge in [0.1, 0.15) is 6.04 Å². The van der Waals surface area contributed by atoms with E-state index in [1.807, 2.05) is 0 Å². The smallest absolute Gasteiger partial charge is 0.352 e. The van der Waals surface area contributed by atoms with Crippen LogP contribution in [0.1, 0.15) is 30.0 Å². The van der Waals surface area contributed by atoms with Gasteiger partial charge in [-0.2, -0.15) is 13.2 Å². The molecule has 2 amide bonds. The first-order valence-corrected chi connectivity index (χ1v) is 7.14. The van der Waals surface area contributed by atoms with E-state index in [0.29, 0.717) is 0 Å². The molecule has 1 aromatic rings. The lowest BCUT2D eigenvalue weighted by molar-refractivity contribution is -0.147. The van der Waals surface area contributed by atoms with Crippen LogP contribution in [-0.4, -0.2) is 29.8 Å². The summed E-state index contributed by atoms with van der Waals surface area (Å²) in [5, 5.41) is 2.55. The molecule has 1 N–H and O–H groups in total. The van der Waals surface area contributed by atoms with Crippen LogP contribution in [0.25, 0.3) is 0 Å². The molecule has 1 saturated heterocycles. The second-order valence-corrected chi connectivity index (χ2v) is 5.58. The molecular formula is C15H15F3N2O2. The van der Waals surface area contributed by atoms with E-state index >= 15 is 0 Å². The van der Waals surface area contributed by atoms with Crippen molar-refractivity contribution >= 4 is 11.8 Å². The topological polar surface area (TPSA) is 49.4 Å². The maximum atomic E-state index is 13.2. The summed E-state index contributed by atoms with van der Waals surface area (Å²) < 4.78 is 39.6. The van der Waals surface area contributed by atoms with Gasteiger partial charge in [0.15, 0.2) is 0 Å². The molecule has 2 aliphatic rings. The number of nitrogens with one attached hydrogen (secondary N) is 1. The fourth-order valence-corrected chi connectivity index (χ4v) is 2.77. The van der Waals surface area contributed by atoms with E-state index in [4.69, 9.17) is 0 Å². The number of alkyl halides is 3. The number of halogens is 3. The Kier molecular flexibility index (Phi) is 3.58. The van der Waals surface area contributed by atoms with Gasteiger partial charge in [0, 0.05) is 19.0 Å². The third kappa shape index (κ3) is 2.67. The zero-order valence-corrected chi connectivity index (χ0v) is 11.7. The van der Waals surface area contributed by atoms with Gasteiger partial charge in [0.2, 0.25) is 11.8 Å². The molecule has 4 nitrogen and oxygen atoms in total. The molecule has 1 aliphatic heterocycles. The predicted octanol–water partition coefficient (Wildman–Crippen LogP) is 2.11. The zero-order chi connectivity index (χ0) is 15.9. The highest BCUT2D eigenvalue weighted by Crippen LogP contribution is 2.39. The third-order valence-electron chi connectivity index (χ3n) is 3.98. The monoisotopic (exact) mass is 312 g/mol. The summed E-state index contributed by atoms with van der Waals surface area (Å²) in [6.07, 6.45) is -3.09. The number of carbonyl (C=O) groups excluding carboxylic acids is 2. The molecule has 118 valence electrons. The molecule has 1 aliphatic carbocycles. The van der Waals surface area contributed by atoms with E-state index in [9.17, 15) is 22.8 Å². The second kappa shape index (κ2) is 5.30. The van der Waals surface area contributed by atoms with Crippen LogP contribution in [0.2, 0.25) is 0 Å². The zero-order valence-electron chi connectivity index (χ0n) is 11.7. The van der Waals surface area contributed by atoms with Gasteiger partial charge in [-0.25, -0.2) is 0 Å². The van der Waals surface area contributed by atoms with Crippen LogP contribution in [0, 0.1) is 5.92 Å². The van der Waals surface area contributed by atoms with Crippen molar-refractivity contribution in [2.45, 2.75) is 25.1 Å². The minimum absolute atomic E-state index is 0.147. The number of piperazine rings is 1.